The summed E-state index contributed by atoms with van der Waals surface area (Å²) in [5.41, 5.74) is 4.56. The van der Waals surface area contributed by atoms with E-state index in [0.29, 0.717) is 11.4 Å². The third-order valence-electron chi connectivity index (χ3n) is 5.14. The molecule has 0 radical (unpaired) electrons. The van der Waals surface area contributed by atoms with Crippen LogP contribution in [-0.4, -0.2) is 38.8 Å². The first-order valence-electron chi connectivity index (χ1n) is 9.21. The molecule has 2 N–H and O–H groups in total. The first-order chi connectivity index (χ1) is 14.7. The van der Waals surface area contributed by atoms with E-state index in [9.17, 15) is 18.0 Å². The highest BCUT2D eigenvalue weighted by Gasteiger charge is 2.50. The lowest BCUT2D eigenvalue weighted by Gasteiger charge is -2.27. The van der Waals surface area contributed by atoms with Gasteiger partial charge in [-0.15, -0.1) is 0 Å². The van der Waals surface area contributed by atoms with E-state index in [1.807, 2.05) is 0 Å². The monoisotopic (exact) mass is 426 g/mol. The molecule has 0 saturated heterocycles. The third kappa shape index (κ3) is 3.29. The van der Waals surface area contributed by atoms with E-state index in [0.717, 1.165) is 11.0 Å². The Kier molecular flexibility index (Phi) is 4.92. The topological polar surface area (TPSA) is 97.4 Å². The number of carbonyl (C=O) groups excluding carboxylic acids is 1. The number of hydrogen-bond acceptors (Lipinski definition) is 6. The van der Waals surface area contributed by atoms with Crippen molar-refractivity contribution in [3.8, 4) is 11.1 Å². The average Bonchev–Trinajstić information content (AvgIpc) is 3.00. The summed E-state index contributed by atoms with van der Waals surface area (Å²) in [4.78, 5) is 30.6. The van der Waals surface area contributed by atoms with Crippen molar-refractivity contribution in [2.75, 3.05) is 7.05 Å². The van der Waals surface area contributed by atoms with Gasteiger partial charge in [-0.1, -0.05) is 6.07 Å². The van der Waals surface area contributed by atoms with Crippen LogP contribution in [0.4, 0.5) is 13.2 Å². The summed E-state index contributed by atoms with van der Waals surface area (Å²) in [6, 6.07) is 6.51. The number of carbonyl (C=O) groups is 1. The highest BCUT2D eigenvalue weighted by Crippen LogP contribution is 2.41. The molecule has 2 aromatic heterocycles. The second-order valence-corrected chi connectivity index (χ2v) is 7.03. The quantitative estimate of drug-likeness (QED) is 0.692. The Hall–Kier alpha value is -3.82. The van der Waals surface area contributed by atoms with Crippen LogP contribution in [0.1, 0.15) is 29.1 Å². The predicted octanol–water partition coefficient (Wildman–Crippen LogP) is 2.95. The Morgan fingerprint density at radius 1 is 1.06 bits per heavy atom. The largest absolute Gasteiger partial charge is 0.369 e. The number of alkyl halides is 2. The van der Waals surface area contributed by atoms with Crippen LogP contribution in [0, 0.1) is 12.7 Å². The van der Waals surface area contributed by atoms with Crippen molar-refractivity contribution in [3.63, 3.8) is 0 Å². The molecule has 10 heteroatoms. The molecule has 0 bridgehead atoms. The molecule has 3 heterocycles. The maximum absolute atomic E-state index is 14.7. The SMILES string of the molecule is Cc1ncc(-c2cc(C3(c4ccnc(C(F)F)c4)N=C(N)N(C)C3=O)ccc2F)cn1. The Bertz CT molecular complexity index is 1200. The van der Waals surface area contributed by atoms with Crippen LogP contribution >= 0.6 is 0 Å². The number of halogens is 3. The molecule has 4 rings (SSSR count). The molecule has 1 atom stereocenters. The predicted molar refractivity (Wildman–Crippen MR) is 107 cm³/mol. The Labute approximate surface area is 175 Å². The van der Waals surface area contributed by atoms with Gasteiger partial charge in [0.25, 0.3) is 12.3 Å². The van der Waals surface area contributed by atoms with Crippen LogP contribution in [0.25, 0.3) is 11.1 Å². The second-order valence-electron chi connectivity index (χ2n) is 7.03. The molecule has 0 fully saturated rings. The van der Waals surface area contributed by atoms with Gasteiger partial charge in [-0.25, -0.2) is 28.1 Å². The van der Waals surface area contributed by atoms with E-state index in [-0.39, 0.29) is 22.6 Å². The number of rotatable bonds is 4. The summed E-state index contributed by atoms with van der Waals surface area (Å²) >= 11 is 0. The van der Waals surface area contributed by atoms with Gasteiger partial charge in [0, 0.05) is 36.8 Å². The highest BCUT2D eigenvalue weighted by atomic mass is 19.3. The van der Waals surface area contributed by atoms with Crippen LogP contribution in [0.5, 0.6) is 0 Å². The number of nitrogens with two attached hydrogens (primary N) is 1. The van der Waals surface area contributed by atoms with Crippen molar-refractivity contribution in [1.29, 1.82) is 0 Å². The van der Waals surface area contributed by atoms with Gasteiger partial charge < -0.3 is 5.73 Å². The lowest BCUT2D eigenvalue weighted by molar-refractivity contribution is -0.129. The Morgan fingerprint density at radius 3 is 2.35 bits per heavy atom. The molecular formula is C21H17F3N6O. The number of aliphatic imine (C=N–C) groups is 1. The molecule has 158 valence electrons. The van der Waals surface area contributed by atoms with Crippen molar-refractivity contribution in [3.05, 3.63) is 77.4 Å². The number of amides is 1. The molecule has 1 aliphatic heterocycles. The summed E-state index contributed by atoms with van der Waals surface area (Å²) in [5, 5.41) is 0. The Morgan fingerprint density at radius 2 is 1.74 bits per heavy atom. The minimum absolute atomic E-state index is 0.0926. The van der Waals surface area contributed by atoms with Crippen LogP contribution in [-0.2, 0) is 10.3 Å². The fraction of sp³-hybridized carbons (Fsp3) is 0.190. The fourth-order valence-corrected chi connectivity index (χ4v) is 3.48. The van der Waals surface area contributed by atoms with Gasteiger partial charge in [0.15, 0.2) is 11.5 Å². The van der Waals surface area contributed by atoms with Crippen molar-refractivity contribution in [2.45, 2.75) is 18.9 Å². The number of nitrogens with zero attached hydrogens (tertiary/aromatic N) is 5. The normalized spacial score (nSPS) is 18.6. The summed E-state index contributed by atoms with van der Waals surface area (Å²) in [5.74, 6) is -0.706. The molecular weight excluding hydrogens is 409 g/mol. The lowest BCUT2D eigenvalue weighted by atomic mass is 9.82. The molecule has 31 heavy (non-hydrogen) atoms. The van der Waals surface area contributed by atoms with Gasteiger partial charge >= 0.3 is 0 Å². The van der Waals surface area contributed by atoms with E-state index in [1.165, 1.54) is 49.9 Å². The van der Waals surface area contributed by atoms with Crippen LogP contribution < -0.4 is 5.73 Å². The minimum Gasteiger partial charge on any atom is -0.369 e. The number of guanidine groups is 1. The maximum atomic E-state index is 14.7. The van der Waals surface area contributed by atoms with E-state index < -0.39 is 29.4 Å². The molecule has 7 nitrogen and oxygen atoms in total. The lowest BCUT2D eigenvalue weighted by Crippen LogP contribution is -2.41. The molecule has 3 aromatic rings. The number of hydrogen-bond donors (Lipinski definition) is 1. The first-order valence-corrected chi connectivity index (χ1v) is 9.21. The smallest absolute Gasteiger partial charge is 0.280 e. The molecule has 0 aliphatic carbocycles. The number of aromatic nitrogens is 3. The molecule has 0 saturated carbocycles. The fourth-order valence-electron chi connectivity index (χ4n) is 3.48. The summed E-state index contributed by atoms with van der Waals surface area (Å²) in [6.45, 7) is 1.69. The van der Waals surface area contributed by atoms with Gasteiger partial charge in [-0.2, -0.15) is 0 Å². The Balaban J connectivity index is 1.96. The zero-order valence-electron chi connectivity index (χ0n) is 16.6. The number of benzene rings is 1. The zero-order chi connectivity index (χ0) is 22.3. The number of pyridine rings is 1. The van der Waals surface area contributed by atoms with E-state index in [2.05, 4.69) is 19.9 Å². The molecule has 0 spiro atoms. The first kappa shape index (κ1) is 20.5. The van der Waals surface area contributed by atoms with Crippen LogP contribution in [0.2, 0.25) is 0 Å². The van der Waals surface area contributed by atoms with Gasteiger partial charge in [-0.05, 0) is 42.3 Å². The van der Waals surface area contributed by atoms with Gasteiger partial charge in [0.1, 0.15) is 17.3 Å². The molecule has 1 aromatic carbocycles. The zero-order valence-corrected chi connectivity index (χ0v) is 16.6. The van der Waals surface area contributed by atoms with Crippen molar-refractivity contribution in [2.24, 2.45) is 10.7 Å². The van der Waals surface area contributed by atoms with Crippen molar-refractivity contribution in [1.82, 2.24) is 19.9 Å². The summed E-state index contributed by atoms with van der Waals surface area (Å²) in [6.07, 6.45) is 1.24. The van der Waals surface area contributed by atoms with Crippen LogP contribution in [0.15, 0.2) is 53.9 Å². The minimum atomic E-state index is -2.85. The molecule has 1 unspecified atom stereocenters. The summed E-state index contributed by atoms with van der Waals surface area (Å²) < 4.78 is 41.3. The van der Waals surface area contributed by atoms with E-state index in [1.54, 1.807) is 6.92 Å². The number of likely N-dealkylation sites (N-methyl/N-ethyl adjacent to an activating group) is 1. The van der Waals surface area contributed by atoms with E-state index >= 15 is 0 Å². The van der Waals surface area contributed by atoms with Gasteiger partial charge in [0.2, 0.25) is 0 Å². The average molecular weight is 426 g/mol. The standard InChI is InChI=1S/C21H17F3N6O/c1-11-27-9-12(10-28-11)15-7-13(3-4-16(15)22)21(19(31)30(2)20(25)29-21)14-5-6-26-17(8-14)18(23)24/h3-10,18H,1-2H3,(H2,25,29). The van der Waals surface area contributed by atoms with E-state index in [4.69, 9.17) is 5.73 Å². The molecule has 1 amide bonds. The van der Waals surface area contributed by atoms with Crippen molar-refractivity contribution >= 4 is 11.9 Å². The highest BCUT2D eigenvalue weighted by molar-refractivity contribution is 6.09. The second kappa shape index (κ2) is 7.46. The number of aryl methyl sites for hydroxylation is 1. The third-order valence-corrected chi connectivity index (χ3v) is 5.14. The molecule has 1 aliphatic rings. The summed E-state index contributed by atoms with van der Waals surface area (Å²) in [7, 11) is 1.43. The van der Waals surface area contributed by atoms with Crippen molar-refractivity contribution < 1.29 is 18.0 Å². The van der Waals surface area contributed by atoms with Gasteiger partial charge in [-0.3, -0.25) is 14.7 Å². The van der Waals surface area contributed by atoms with Gasteiger partial charge in [0.05, 0.1) is 0 Å². The maximum Gasteiger partial charge on any atom is 0.280 e. The van der Waals surface area contributed by atoms with Crippen LogP contribution in [0.3, 0.4) is 0 Å².